The third kappa shape index (κ3) is 16.9. The van der Waals surface area contributed by atoms with Crippen molar-refractivity contribution in [3.63, 3.8) is 0 Å². The fourth-order valence-corrected chi connectivity index (χ4v) is 5.21. The highest BCUT2D eigenvalue weighted by Crippen LogP contribution is 2.23. The predicted molar refractivity (Wildman–Crippen MR) is 178 cm³/mol. The predicted octanol–water partition coefficient (Wildman–Crippen LogP) is 9.73. The Morgan fingerprint density at radius 1 is 0.452 bits per heavy atom. The highest BCUT2D eigenvalue weighted by molar-refractivity contribution is 5.44. The van der Waals surface area contributed by atoms with Crippen LogP contribution in [0.15, 0.2) is 58.8 Å². The Balaban J connectivity index is 1.63. The molecule has 6 nitrogen and oxygen atoms in total. The highest BCUT2D eigenvalue weighted by atomic mass is 16.5. The molecule has 42 heavy (non-hydrogen) atoms. The minimum absolute atomic E-state index is 0.739. The third-order valence-corrected chi connectivity index (χ3v) is 8.04. The third-order valence-electron chi connectivity index (χ3n) is 8.04. The van der Waals surface area contributed by atoms with Crippen molar-refractivity contribution in [1.29, 1.82) is 0 Å². The fourth-order valence-electron chi connectivity index (χ4n) is 5.21. The van der Waals surface area contributed by atoms with Gasteiger partial charge in [0.1, 0.15) is 11.5 Å². The molecule has 6 heteroatoms. The van der Waals surface area contributed by atoms with Crippen LogP contribution in [0.5, 0.6) is 11.5 Å². The van der Waals surface area contributed by atoms with Gasteiger partial charge in [-0.1, -0.05) is 52.4 Å². The van der Waals surface area contributed by atoms with Gasteiger partial charge in [0.15, 0.2) is 0 Å². The average molecular weight is 583 g/mol. The monoisotopic (exact) mass is 582 g/mol. The van der Waals surface area contributed by atoms with E-state index in [1.807, 2.05) is 48.5 Å². The summed E-state index contributed by atoms with van der Waals surface area (Å²) >= 11 is 0. The average Bonchev–Trinajstić information content (AvgIpc) is 2.97. The lowest BCUT2D eigenvalue weighted by Gasteiger charge is -2.30. The van der Waals surface area contributed by atoms with Crippen molar-refractivity contribution >= 4 is 11.4 Å². The molecule has 0 fully saturated rings. The molecule has 0 spiro atoms. The van der Waals surface area contributed by atoms with Gasteiger partial charge in [0.2, 0.25) is 0 Å². The summed E-state index contributed by atoms with van der Waals surface area (Å²) in [5.74, 6) is 1.77. The van der Waals surface area contributed by atoms with E-state index in [0.29, 0.717) is 0 Å². The van der Waals surface area contributed by atoms with Crippen LogP contribution in [0.4, 0.5) is 11.4 Å². The van der Waals surface area contributed by atoms with Crippen molar-refractivity contribution < 1.29 is 18.4 Å². The molecule has 0 aliphatic heterocycles. The van der Waals surface area contributed by atoms with Gasteiger partial charge in [-0.15, -0.1) is 0 Å². The SMILES string of the molecule is CCCCCCC[N+](C)(C)CCCOc1ccc(N=Nc2ccc(OCCC[N+](C)(C)CCCCCCC)cc2)cc1. The summed E-state index contributed by atoms with van der Waals surface area (Å²) in [4.78, 5) is 0. The molecular weight excluding hydrogens is 520 g/mol. The molecule has 0 saturated heterocycles. The second-order valence-electron chi connectivity index (χ2n) is 13.2. The van der Waals surface area contributed by atoms with Gasteiger partial charge in [-0.3, -0.25) is 0 Å². The molecule has 0 N–H and O–H groups in total. The van der Waals surface area contributed by atoms with E-state index in [2.05, 4.69) is 52.3 Å². The van der Waals surface area contributed by atoms with Gasteiger partial charge in [0, 0.05) is 12.8 Å². The van der Waals surface area contributed by atoms with Gasteiger partial charge in [0.25, 0.3) is 0 Å². The Bertz CT molecular complexity index is 891. The molecule has 0 unspecified atom stereocenters. The molecule has 2 aromatic rings. The van der Waals surface area contributed by atoms with E-state index in [0.717, 1.165) is 71.0 Å². The van der Waals surface area contributed by atoms with Crippen molar-refractivity contribution in [2.75, 3.05) is 67.6 Å². The lowest BCUT2D eigenvalue weighted by Crippen LogP contribution is -2.41. The number of quaternary nitrogens is 2. The van der Waals surface area contributed by atoms with Gasteiger partial charge in [0.05, 0.1) is 79.0 Å². The van der Waals surface area contributed by atoms with Crippen molar-refractivity contribution in [1.82, 2.24) is 0 Å². The van der Waals surface area contributed by atoms with E-state index in [1.165, 1.54) is 77.3 Å². The van der Waals surface area contributed by atoms with E-state index in [9.17, 15) is 0 Å². The number of ether oxygens (including phenoxy) is 2. The van der Waals surface area contributed by atoms with Crippen molar-refractivity contribution in [3.8, 4) is 11.5 Å². The quantitative estimate of drug-likeness (QED) is 0.0702. The molecule has 236 valence electrons. The first kappa shape index (κ1) is 35.8. The summed E-state index contributed by atoms with van der Waals surface area (Å²) in [5.41, 5.74) is 1.63. The van der Waals surface area contributed by atoms with Gasteiger partial charge in [-0.05, 0) is 74.2 Å². The van der Waals surface area contributed by atoms with Crippen LogP contribution < -0.4 is 9.47 Å². The largest absolute Gasteiger partial charge is 0.493 e. The topological polar surface area (TPSA) is 43.2 Å². The maximum atomic E-state index is 5.98. The summed E-state index contributed by atoms with van der Waals surface area (Å²) in [6.07, 6.45) is 15.5. The number of benzene rings is 2. The molecule has 0 aliphatic rings. The summed E-state index contributed by atoms with van der Waals surface area (Å²) < 4.78 is 14.1. The first-order valence-corrected chi connectivity index (χ1v) is 16.7. The molecule has 0 atom stereocenters. The zero-order valence-corrected chi connectivity index (χ0v) is 28.0. The number of hydrogen-bond donors (Lipinski definition) is 0. The lowest BCUT2D eigenvalue weighted by molar-refractivity contribution is -0.890. The first-order chi connectivity index (χ1) is 20.2. The first-order valence-electron chi connectivity index (χ1n) is 16.7. The second kappa shape index (κ2) is 20.5. The fraction of sp³-hybridized carbons (Fsp3) is 0.667. The summed E-state index contributed by atoms with van der Waals surface area (Å²) in [6.45, 7) is 10.8. The molecule has 0 amide bonds. The Labute approximate surface area is 258 Å². The minimum atomic E-state index is 0.739. The number of unbranched alkanes of at least 4 members (excludes halogenated alkanes) is 8. The molecule has 0 aromatic heterocycles. The van der Waals surface area contributed by atoms with Crippen LogP contribution in [0.3, 0.4) is 0 Å². The maximum Gasteiger partial charge on any atom is 0.119 e. The van der Waals surface area contributed by atoms with E-state index < -0.39 is 0 Å². The lowest BCUT2D eigenvalue weighted by atomic mass is 10.1. The van der Waals surface area contributed by atoms with Crippen LogP contribution in [0.2, 0.25) is 0 Å². The summed E-state index contributed by atoms with van der Waals surface area (Å²) in [6, 6.07) is 15.7. The minimum Gasteiger partial charge on any atom is -0.493 e. The van der Waals surface area contributed by atoms with Crippen LogP contribution in [-0.2, 0) is 0 Å². The van der Waals surface area contributed by atoms with E-state index in [1.54, 1.807) is 0 Å². The normalized spacial score (nSPS) is 12.2. The van der Waals surface area contributed by atoms with Crippen LogP contribution in [0.25, 0.3) is 0 Å². The number of hydrogen-bond acceptors (Lipinski definition) is 4. The van der Waals surface area contributed by atoms with E-state index in [-0.39, 0.29) is 0 Å². The Morgan fingerprint density at radius 2 is 0.786 bits per heavy atom. The molecule has 0 saturated carbocycles. The Hall–Kier alpha value is -2.44. The van der Waals surface area contributed by atoms with Crippen molar-refractivity contribution in [3.05, 3.63) is 48.5 Å². The molecule has 0 bridgehead atoms. The molecule has 2 rings (SSSR count). The molecule has 0 heterocycles. The highest BCUT2D eigenvalue weighted by Gasteiger charge is 2.15. The Kier molecular flexibility index (Phi) is 17.4. The number of azo groups is 1. The van der Waals surface area contributed by atoms with Crippen molar-refractivity contribution in [2.45, 2.75) is 90.9 Å². The zero-order chi connectivity index (χ0) is 30.5. The number of nitrogens with zero attached hydrogens (tertiary/aromatic N) is 4. The van der Waals surface area contributed by atoms with Gasteiger partial charge in [-0.25, -0.2) is 0 Å². The Morgan fingerprint density at radius 3 is 1.14 bits per heavy atom. The van der Waals surface area contributed by atoms with E-state index >= 15 is 0 Å². The zero-order valence-electron chi connectivity index (χ0n) is 28.0. The molecular formula is C36H62N4O2+2. The number of rotatable bonds is 24. The van der Waals surface area contributed by atoms with Crippen LogP contribution in [0.1, 0.15) is 90.9 Å². The van der Waals surface area contributed by atoms with Crippen LogP contribution >= 0.6 is 0 Å². The van der Waals surface area contributed by atoms with Gasteiger partial charge >= 0.3 is 0 Å². The van der Waals surface area contributed by atoms with Gasteiger partial charge < -0.3 is 18.4 Å². The van der Waals surface area contributed by atoms with Gasteiger partial charge in [-0.2, -0.15) is 10.2 Å². The smallest absolute Gasteiger partial charge is 0.119 e. The summed E-state index contributed by atoms with van der Waals surface area (Å²) in [7, 11) is 9.33. The molecule has 2 aromatic carbocycles. The molecule has 0 radical (unpaired) electrons. The molecule has 0 aliphatic carbocycles. The van der Waals surface area contributed by atoms with Crippen LogP contribution in [0, 0.1) is 0 Å². The standard InChI is InChI=1S/C36H62N4O2/c1-7-9-11-13-15-27-39(3,4)29-17-31-41-35-23-19-33(20-24-35)37-38-34-21-25-36(26-22-34)42-32-18-30-40(5,6)28-16-14-12-10-8-2/h19-26H,7-18,27-32H2,1-6H3/q+2. The van der Waals surface area contributed by atoms with Crippen LogP contribution in [-0.4, -0.2) is 76.5 Å². The summed E-state index contributed by atoms with van der Waals surface area (Å²) in [5, 5.41) is 8.78. The second-order valence-corrected chi connectivity index (χ2v) is 13.2. The maximum absolute atomic E-state index is 5.98. The van der Waals surface area contributed by atoms with Crippen molar-refractivity contribution in [2.24, 2.45) is 10.2 Å². The van der Waals surface area contributed by atoms with E-state index in [4.69, 9.17) is 9.47 Å².